The van der Waals surface area contributed by atoms with Crippen molar-refractivity contribution in [1.29, 1.82) is 0 Å². The summed E-state index contributed by atoms with van der Waals surface area (Å²) in [5.74, 6) is -0.193. The SMILES string of the molecule is CCOC(=O)/C(=C/c1ccc(OCC)c2ccccc12)NC(=O)c1ccccc1. The monoisotopic (exact) mass is 389 g/mol. The minimum atomic E-state index is -0.588. The zero-order valence-corrected chi connectivity index (χ0v) is 16.5. The van der Waals surface area contributed by atoms with Gasteiger partial charge in [-0.25, -0.2) is 4.79 Å². The van der Waals surface area contributed by atoms with Crippen molar-refractivity contribution >= 4 is 28.7 Å². The lowest BCUT2D eigenvalue weighted by molar-refractivity contribution is -0.138. The molecule has 0 saturated carbocycles. The van der Waals surface area contributed by atoms with E-state index in [0.717, 1.165) is 22.1 Å². The second-order valence-corrected chi connectivity index (χ2v) is 6.23. The number of esters is 1. The Morgan fingerprint density at radius 1 is 0.862 bits per heavy atom. The fourth-order valence-corrected chi connectivity index (χ4v) is 3.00. The van der Waals surface area contributed by atoms with E-state index in [1.807, 2.05) is 49.4 Å². The average molecular weight is 389 g/mol. The molecule has 0 radical (unpaired) electrons. The van der Waals surface area contributed by atoms with Gasteiger partial charge in [-0.1, -0.05) is 48.5 Å². The molecule has 0 unspecified atom stereocenters. The lowest BCUT2D eigenvalue weighted by Crippen LogP contribution is -2.28. The number of carbonyl (C=O) groups excluding carboxylic acids is 2. The third-order valence-electron chi connectivity index (χ3n) is 4.30. The summed E-state index contributed by atoms with van der Waals surface area (Å²) in [6.45, 7) is 4.42. The van der Waals surface area contributed by atoms with Crippen LogP contribution in [0.15, 0.2) is 72.4 Å². The quantitative estimate of drug-likeness (QED) is 0.475. The van der Waals surface area contributed by atoms with Crippen LogP contribution in [0.1, 0.15) is 29.8 Å². The zero-order chi connectivity index (χ0) is 20.6. The van der Waals surface area contributed by atoms with Gasteiger partial charge in [0, 0.05) is 10.9 Å². The van der Waals surface area contributed by atoms with Gasteiger partial charge < -0.3 is 14.8 Å². The highest BCUT2D eigenvalue weighted by atomic mass is 16.5. The number of nitrogens with one attached hydrogen (secondary N) is 1. The van der Waals surface area contributed by atoms with E-state index < -0.39 is 5.97 Å². The number of hydrogen-bond acceptors (Lipinski definition) is 4. The Morgan fingerprint density at radius 2 is 1.55 bits per heavy atom. The Balaban J connectivity index is 2.03. The Hall–Kier alpha value is -3.60. The lowest BCUT2D eigenvalue weighted by Gasteiger charge is -2.12. The van der Waals surface area contributed by atoms with E-state index in [0.29, 0.717) is 12.2 Å². The summed E-state index contributed by atoms with van der Waals surface area (Å²) >= 11 is 0. The molecule has 0 heterocycles. The van der Waals surface area contributed by atoms with Crippen LogP contribution in [0.5, 0.6) is 5.75 Å². The fourth-order valence-electron chi connectivity index (χ4n) is 3.00. The second kappa shape index (κ2) is 9.55. The highest BCUT2D eigenvalue weighted by Gasteiger charge is 2.16. The van der Waals surface area contributed by atoms with Crippen LogP contribution < -0.4 is 10.1 Å². The molecule has 0 aliphatic rings. The standard InChI is InChI=1S/C24H23NO4/c1-3-28-22-15-14-18(19-12-8-9-13-20(19)22)16-21(24(27)29-4-2)25-23(26)17-10-6-5-7-11-17/h5-16H,3-4H2,1-2H3,(H,25,26)/b21-16-. The van der Waals surface area contributed by atoms with Crippen molar-refractivity contribution in [2.75, 3.05) is 13.2 Å². The number of carbonyl (C=O) groups is 2. The summed E-state index contributed by atoms with van der Waals surface area (Å²) in [5.41, 5.74) is 1.31. The summed E-state index contributed by atoms with van der Waals surface area (Å²) in [7, 11) is 0. The molecule has 0 atom stereocenters. The van der Waals surface area contributed by atoms with E-state index in [4.69, 9.17) is 9.47 Å². The van der Waals surface area contributed by atoms with Crippen LogP contribution in [-0.4, -0.2) is 25.1 Å². The highest BCUT2D eigenvalue weighted by Crippen LogP contribution is 2.29. The molecule has 5 nitrogen and oxygen atoms in total. The molecule has 0 aliphatic heterocycles. The molecule has 0 bridgehead atoms. The molecule has 0 aromatic heterocycles. The molecule has 0 fully saturated rings. The molecule has 1 amide bonds. The van der Waals surface area contributed by atoms with Gasteiger partial charge in [-0.05, 0) is 49.1 Å². The molecule has 5 heteroatoms. The lowest BCUT2D eigenvalue weighted by atomic mass is 10.0. The van der Waals surface area contributed by atoms with Crippen LogP contribution in [0.25, 0.3) is 16.8 Å². The number of hydrogen-bond donors (Lipinski definition) is 1. The van der Waals surface area contributed by atoms with Crippen LogP contribution in [-0.2, 0) is 9.53 Å². The summed E-state index contributed by atoms with van der Waals surface area (Å²) in [4.78, 5) is 25.1. The number of ether oxygens (including phenoxy) is 2. The molecule has 0 aliphatic carbocycles. The van der Waals surface area contributed by atoms with E-state index in [9.17, 15) is 9.59 Å². The predicted molar refractivity (Wildman–Crippen MR) is 114 cm³/mol. The van der Waals surface area contributed by atoms with Crippen LogP contribution in [0, 0.1) is 0 Å². The summed E-state index contributed by atoms with van der Waals surface area (Å²) in [6, 6.07) is 20.2. The first kappa shape index (κ1) is 20.1. The van der Waals surface area contributed by atoms with Gasteiger partial charge in [0.15, 0.2) is 0 Å². The largest absolute Gasteiger partial charge is 0.493 e. The summed E-state index contributed by atoms with van der Waals surface area (Å²) in [6.07, 6.45) is 1.64. The molecule has 29 heavy (non-hydrogen) atoms. The minimum Gasteiger partial charge on any atom is -0.493 e. The van der Waals surface area contributed by atoms with Crippen LogP contribution >= 0.6 is 0 Å². The third kappa shape index (κ3) is 4.82. The molecular formula is C24H23NO4. The van der Waals surface area contributed by atoms with E-state index in [2.05, 4.69) is 5.32 Å². The first-order chi connectivity index (χ1) is 14.1. The highest BCUT2D eigenvalue weighted by molar-refractivity contribution is 6.05. The van der Waals surface area contributed by atoms with Gasteiger partial charge in [0.25, 0.3) is 5.91 Å². The molecular weight excluding hydrogens is 366 g/mol. The summed E-state index contributed by atoms with van der Waals surface area (Å²) in [5, 5.41) is 4.53. The number of fused-ring (bicyclic) bond motifs is 1. The Labute approximate surface area is 170 Å². The molecule has 148 valence electrons. The molecule has 3 aromatic rings. The molecule has 0 saturated heterocycles. The minimum absolute atomic E-state index is 0.0787. The van der Waals surface area contributed by atoms with Crippen LogP contribution in [0.4, 0.5) is 0 Å². The van der Waals surface area contributed by atoms with Crippen molar-refractivity contribution < 1.29 is 19.1 Å². The van der Waals surface area contributed by atoms with Gasteiger partial charge in [0.05, 0.1) is 13.2 Å². The predicted octanol–water partition coefficient (Wildman–Crippen LogP) is 4.57. The smallest absolute Gasteiger partial charge is 0.354 e. The van der Waals surface area contributed by atoms with Crippen LogP contribution in [0.3, 0.4) is 0 Å². The zero-order valence-electron chi connectivity index (χ0n) is 16.5. The van der Waals surface area contributed by atoms with Gasteiger partial charge in [0.1, 0.15) is 11.4 Å². The normalized spacial score (nSPS) is 11.2. The van der Waals surface area contributed by atoms with E-state index >= 15 is 0 Å². The van der Waals surface area contributed by atoms with Gasteiger partial charge in [-0.3, -0.25) is 4.79 Å². The molecule has 0 spiro atoms. The van der Waals surface area contributed by atoms with Crippen LogP contribution in [0.2, 0.25) is 0 Å². The topological polar surface area (TPSA) is 64.6 Å². The Bertz CT molecular complexity index is 1040. The van der Waals surface area contributed by atoms with Gasteiger partial charge in [-0.15, -0.1) is 0 Å². The molecule has 3 rings (SSSR count). The van der Waals surface area contributed by atoms with Gasteiger partial charge >= 0.3 is 5.97 Å². The Kier molecular flexibility index (Phi) is 6.63. The summed E-state index contributed by atoms with van der Waals surface area (Å²) < 4.78 is 10.8. The maximum atomic E-state index is 12.6. The number of amides is 1. The third-order valence-corrected chi connectivity index (χ3v) is 4.30. The van der Waals surface area contributed by atoms with Crippen molar-refractivity contribution in [3.63, 3.8) is 0 Å². The van der Waals surface area contributed by atoms with Crippen molar-refractivity contribution in [2.24, 2.45) is 0 Å². The van der Waals surface area contributed by atoms with E-state index in [1.165, 1.54) is 0 Å². The van der Waals surface area contributed by atoms with Crippen molar-refractivity contribution in [3.05, 3.63) is 83.6 Å². The number of benzene rings is 3. The van der Waals surface area contributed by atoms with Gasteiger partial charge in [-0.2, -0.15) is 0 Å². The van der Waals surface area contributed by atoms with E-state index in [1.54, 1.807) is 37.3 Å². The molecule has 3 aromatic carbocycles. The first-order valence-electron chi connectivity index (χ1n) is 9.53. The fraction of sp³-hybridized carbons (Fsp3) is 0.167. The number of rotatable bonds is 7. The van der Waals surface area contributed by atoms with Crippen molar-refractivity contribution in [1.82, 2.24) is 5.32 Å². The second-order valence-electron chi connectivity index (χ2n) is 6.23. The average Bonchev–Trinajstić information content (AvgIpc) is 2.75. The molecule has 1 N–H and O–H groups in total. The van der Waals surface area contributed by atoms with Gasteiger partial charge in [0.2, 0.25) is 0 Å². The van der Waals surface area contributed by atoms with Crippen molar-refractivity contribution in [2.45, 2.75) is 13.8 Å². The van der Waals surface area contributed by atoms with Crippen molar-refractivity contribution in [3.8, 4) is 5.75 Å². The maximum Gasteiger partial charge on any atom is 0.354 e. The first-order valence-corrected chi connectivity index (χ1v) is 9.53. The van der Waals surface area contributed by atoms with E-state index in [-0.39, 0.29) is 18.2 Å². The maximum absolute atomic E-state index is 12.6. The Morgan fingerprint density at radius 3 is 2.24 bits per heavy atom.